The Morgan fingerprint density at radius 2 is 1.90 bits per heavy atom. The lowest BCUT2D eigenvalue weighted by Crippen LogP contribution is -2.42. The number of aromatic nitrogens is 1. The third-order valence-corrected chi connectivity index (χ3v) is 7.02. The molecule has 0 unspecified atom stereocenters. The molecule has 1 aliphatic rings. The molecule has 6 heteroatoms. The number of amides is 1. The van der Waals surface area contributed by atoms with Gasteiger partial charge in [0.1, 0.15) is 0 Å². The largest absolute Gasteiger partial charge is 0.378 e. The zero-order valence-electron chi connectivity index (χ0n) is 18.0. The summed E-state index contributed by atoms with van der Waals surface area (Å²) in [6, 6.07) is 16.7. The van der Waals surface area contributed by atoms with Gasteiger partial charge in [-0.05, 0) is 49.2 Å². The van der Waals surface area contributed by atoms with E-state index in [1.54, 1.807) is 11.3 Å². The topological polar surface area (TPSA) is 39.7 Å². The van der Waals surface area contributed by atoms with Crippen LogP contribution in [0.25, 0.3) is 10.2 Å². The second-order valence-electron chi connectivity index (χ2n) is 8.40. The average molecular weight is 423 g/mol. The van der Waals surface area contributed by atoms with E-state index in [1.165, 1.54) is 15.4 Å². The molecule has 0 saturated carbocycles. The Morgan fingerprint density at radius 3 is 2.63 bits per heavy atom. The normalized spacial score (nSPS) is 17.2. The monoisotopic (exact) mass is 422 g/mol. The van der Waals surface area contributed by atoms with Crippen molar-refractivity contribution >= 4 is 33.1 Å². The first-order valence-corrected chi connectivity index (χ1v) is 11.4. The first kappa shape index (κ1) is 20.8. The fraction of sp³-hybridized carbons (Fsp3) is 0.417. The minimum absolute atomic E-state index is 0.177. The second-order valence-corrected chi connectivity index (χ2v) is 9.47. The van der Waals surface area contributed by atoms with Gasteiger partial charge in [-0.2, -0.15) is 0 Å². The van der Waals surface area contributed by atoms with Crippen LogP contribution in [0.15, 0.2) is 48.5 Å². The Labute approximate surface area is 182 Å². The van der Waals surface area contributed by atoms with E-state index in [-0.39, 0.29) is 5.91 Å². The highest BCUT2D eigenvalue weighted by molar-refractivity contribution is 7.18. The summed E-state index contributed by atoms with van der Waals surface area (Å²) in [5, 5.41) is 1.21. The van der Waals surface area contributed by atoms with Gasteiger partial charge in [0.2, 0.25) is 5.91 Å². The van der Waals surface area contributed by atoms with Crippen LogP contribution in [0.2, 0.25) is 0 Å². The van der Waals surface area contributed by atoms with Crippen LogP contribution in [0, 0.1) is 0 Å². The van der Waals surface area contributed by atoms with Crippen LogP contribution in [0.3, 0.4) is 0 Å². The number of likely N-dealkylation sites (N-methyl/N-ethyl adjacent to an activating group) is 1. The molecule has 0 N–H and O–H groups in total. The van der Waals surface area contributed by atoms with Crippen molar-refractivity contribution in [1.29, 1.82) is 0 Å². The van der Waals surface area contributed by atoms with Crippen molar-refractivity contribution in [2.24, 2.45) is 0 Å². The number of para-hydroxylation sites is 1. The molecular weight excluding hydrogens is 392 g/mol. The summed E-state index contributed by atoms with van der Waals surface area (Å²) >= 11 is 1.80. The van der Waals surface area contributed by atoms with E-state index in [9.17, 15) is 4.79 Å². The molecule has 1 aliphatic heterocycles. The maximum atomic E-state index is 12.8. The predicted molar refractivity (Wildman–Crippen MR) is 125 cm³/mol. The number of carbonyl (C=O) groups is 1. The highest BCUT2D eigenvalue weighted by Crippen LogP contribution is 2.32. The summed E-state index contributed by atoms with van der Waals surface area (Å²) in [5.74, 6) is 0.601. The van der Waals surface area contributed by atoms with Crippen LogP contribution >= 0.6 is 11.3 Å². The minimum atomic E-state index is 0.177. The van der Waals surface area contributed by atoms with Crippen LogP contribution < -0.4 is 4.90 Å². The summed E-state index contributed by atoms with van der Waals surface area (Å²) in [6.07, 6.45) is 2.27. The maximum Gasteiger partial charge on any atom is 0.236 e. The molecule has 1 saturated heterocycles. The van der Waals surface area contributed by atoms with Crippen LogP contribution in [0.1, 0.15) is 29.3 Å². The van der Waals surface area contributed by atoms with E-state index < -0.39 is 0 Å². The number of piperidine rings is 1. The SMILES string of the molecule is CN(Cc1ccc(N(C)C)cc1)C(=O)CN1CCC[C@@H](c2nc3ccccc3s2)C1. The molecule has 5 nitrogen and oxygen atoms in total. The Bertz CT molecular complexity index is 965. The minimum Gasteiger partial charge on any atom is -0.378 e. The van der Waals surface area contributed by atoms with Crippen LogP contribution in [0.5, 0.6) is 0 Å². The molecule has 1 amide bonds. The Balaban J connectivity index is 1.34. The van der Waals surface area contributed by atoms with Gasteiger partial charge in [0.15, 0.2) is 0 Å². The third kappa shape index (κ3) is 4.82. The summed E-state index contributed by atoms with van der Waals surface area (Å²) in [5.41, 5.74) is 3.41. The fourth-order valence-corrected chi connectivity index (χ4v) is 5.13. The van der Waals surface area contributed by atoms with E-state index in [2.05, 4.69) is 52.3 Å². The molecule has 0 bridgehead atoms. The van der Waals surface area contributed by atoms with Gasteiger partial charge < -0.3 is 9.80 Å². The van der Waals surface area contributed by atoms with E-state index in [4.69, 9.17) is 4.98 Å². The summed E-state index contributed by atoms with van der Waals surface area (Å²) in [4.78, 5) is 23.9. The number of anilines is 1. The first-order valence-electron chi connectivity index (χ1n) is 10.6. The van der Waals surface area contributed by atoms with Crippen molar-refractivity contribution in [2.45, 2.75) is 25.3 Å². The van der Waals surface area contributed by atoms with Gasteiger partial charge in [-0.25, -0.2) is 4.98 Å². The average Bonchev–Trinajstić information content (AvgIpc) is 3.18. The lowest BCUT2D eigenvalue weighted by molar-refractivity contribution is -0.131. The van der Waals surface area contributed by atoms with Crippen LogP contribution in [-0.2, 0) is 11.3 Å². The molecule has 158 valence electrons. The highest BCUT2D eigenvalue weighted by Gasteiger charge is 2.26. The van der Waals surface area contributed by atoms with Crippen LogP contribution in [-0.4, -0.2) is 61.5 Å². The van der Waals surface area contributed by atoms with Crippen molar-refractivity contribution in [3.63, 3.8) is 0 Å². The zero-order chi connectivity index (χ0) is 21.1. The number of hydrogen-bond donors (Lipinski definition) is 0. The van der Waals surface area contributed by atoms with E-state index in [0.717, 1.165) is 37.0 Å². The van der Waals surface area contributed by atoms with Gasteiger partial charge in [-0.15, -0.1) is 11.3 Å². The summed E-state index contributed by atoms with van der Waals surface area (Å²) in [7, 11) is 5.97. The number of fused-ring (bicyclic) bond motifs is 1. The smallest absolute Gasteiger partial charge is 0.236 e. The molecule has 0 aliphatic carbocycles. The molecule has 1 atom stereocenters. The van der Waals surface area contributed by atoms with Crippen LogP contribution in [0.4, 0.5) is 5.69 Å². The molecule has 0 spiro atoms. The molecule has 30 heavy (non-hydrogen) atoms. The van der Waals surface area contributed by atoms with E-state index >= 15 is 0 Å². The Kier molecular flexibility index (Phi) is 6.35. The Morgan fingerprint density at radius 1 is 1.13 bits per heavy atom. The van der Waals surface area contributed by atoms with Gasteiger partial charge >= 0.3 is 0 Å². The zero-order valence-corrected chi connectivity index (χ0v) is 18.9. The van der Waals surface area contributed by atoms with Crippen molar-refractivity contribution in [2.75, 3.05) is 45.7 Å². The van der Waals surface area contributed by atoms with Gasteiger partial charge in [0.05, 0.1) is 21.8 Å². The second kappa shape index (κ2) is 9.14. The molecule has 0 radical (unpaired) electrons. The number of thiazole rings is 1. The third-order valence-electron chi connectivity index (χ3n) is 5.82. The van der Waals surface area contributed by atoms with Gasteiger partial charge in [-0.1, -0.05) is 24.3 Å². The van der Waals surface area contributed by atoms with Gasteiger partial charge in [0, 0.05) is 45.8 Å². The molecule has 4 rings (SSSR count). The van der Waals surface area contributed by atoms with Crippen molar-refractivity contribution in [1.82, 2.24) is 14.8 Å². The van der Waals surface area contributed by atoms with E-state index in [0.29, 0.717) is 19.0 Å². The maximum absolute atomic E-state index is 12.8. The lowest BCUT2D eigenvalue weighted by Gasteiger charge is -2.32. The standard InChI is InChI=1S/C24H30N4OS/c1-26(2)20-12-10-18(11-13-20)15-27(3)23(29)17-28-14-6-7-19(16-28)24-25-21-8-4-5-9-22(21)30-24/h4-5,8-13,19H,6-7,14-17H2,1-3H3/t19-/m1/s1. The quantitative estimate of drug-likeness (QED) is 0.597. The number of nitrogens with zero attached hydrogens (tertiary/aromatic N) is 4. The van der Waals surface area contributed by atoms with Crippen molar-refractivity contribution < 1.29 is 4.79 Å². The van der Waals surface area contributed by atoms with E-state index in [1.807, 2.05) is 32.1 Å². The number of benzene rings is 2. The predicted octanol–water partition coefficient (Wildman–Crippen LogP) is 4.20. The first-order chi connectivity index (χ1) is 14.5. The summed E-state index contributed by atoms with van der Waals surface area (Å²) in [6.45, 7) is 3.02. The molecule has 1 fully saturated rings. The number of likely N-dealkylation sites (tertiary alicyclic amines) is 1. The number of rotatable bonds is 6. The molecule has 2 aromatic carbocycles. The molecular formula is C24H30N4OS. The number of hydrogen-bond acceptors (Lipinski definition) is 5. The molecule has 3 aromatic rings. The summed E-state index contributed by atoms with van der Waals surface area (Å²) < 4.78 is 1.25. The number of carbonyl (C=O) groups excluding carboxylic acids is 1. The molecule has 2 heterocycles. The van der Waals surface area contributed by atoms with Gasteiger partial charge in [-0.3, -0.25) is 9.69 Å². The Hall–Kier alpha value is -2.44. The lowest BCUT2D eigenvalue weighted by atomic mass is 9.98. The van der Waals surface area contributed by atoms with Crippen molar-refractivity contribution in [3.8, 4) is 0 Å². The highest BCUT2D eigenvalue weighted by atomic mass is 32.1. The fourth-order valence-electron chi connectivity index (χ4n) is 4.04. The van der Waals surface area contributed by atoms with Gasteiger partial charge in [0.25, 0.3) is 0 Å². The molecule has 1 aromatic heterocycles. The van der Waals surface area contributed by atoms with Crippen molar-refractivity contribution in [3.05, 3.63) is 59.1 Å².